The molecule has 0 saturated carbocycles. The van der Waals surface area contributed by atoms with Gasteiger partial charge in [0.25, 0.3) is 0 Å². The fourth-order valence-corrected chi connectivity index (χ4v) is 3.45. The Balaban J connectivity index is 1.59. The second kappa shape index (κ2) is 8.89. The molecular formula is C21H25F2NO3. The van der Waals surface area contributed by atoms with Crippen molar-refractivity contribution in [1.82, 2.24) is 5.48 Å². The molecule has 0 amide bonds. The number of hydroxylamine groups is 1. The molecule has 4 nitrogen and oxygen atoms in total. The van der Waals surface area contributed by atoms with E-state index >= 15 is 0 Å². The minimum absolute atomic E-state index is 0.0307. The van der Waals surface area contributed by atoms with Crippen LogP contribution in [0.5, 0.6) is 0 Å². The molecule has 27 heavy (non-hydrogen) atoms. The first-order valence-corrected chi connectivity index (χ1v) is 9.06. The van der Waals surface area contributed by atoms with Gasteiger partial charge < -0.3 is 14.3 Å². The Kier molecular flexibility index (Phi) is 6.55. The van der Waals surface area contributed by atoms with Crippen LogP contribution in [0.1, 0.15) is 18.9 Å². The Morgan fingerprint density at radius 3 is 2.89 bits per heavy atom. The van der Waals surface area contributed by atoms with Crippen molar-refractivity contribution in [3.8, 4) is 0 Å². The highest BCUT2D eigenvalue weighted by molar-refractivity contribution is 5.38. The number of rotatable bonds is 7. The van der Waals surface area contributed by atoms with Crippen molar-refractivity contribution >= 4 is 0 Å². The maximum absolute atomic E-state index is 14.4. The number of nitrogens with one attached hydrogen (secondary N) is 1. The quantitative estimate of drug-likeness (QED) is 0.724. The molecule has 0 aliphatic carbocycles. The third kappa shape index (κ3) is 4.52. The van der Waals surface area contributed by atoms with Gasteiger partial charge in [0.05, 0.1) is 38.1 Å². The molecule has 0 bridgehead atoms. The lowest BCUT2D eigenvalue weighted by atomic mass is 9.75. The van der Waals surface area contributed by atoms with E-state index in [4.69, 9.17) is 14.3 Å². The van der Waals surface area contributed by atoms with Gasteiger partial charge in [-0.25, -0.2) is 8.78 Å². The molecule has 1 aromatic rings. The van der Waals surface area contributed by atoms with Crippen LogP contribution < -0.4 is 5.48 Å². The molecule has 1 N–H and O–H groups in total. The normalized spacial score (nSPS) is 28.9. The summed E-state index contributed by atoms with van der Waals surface area (Å²) in [6, 6.07) is 9.91. The van der Waals surface area contributed by atoms with Gasteiger partial charge in [0, 0.05) is 17.6 Å². The molecule has 0 unspecified atom stereocenters. The van der Waals surface area contributed by atoms with Crippen molar-refractivity contribution in [1.29, 1.82) is 0 Å². The second-order valence-electron chi connectivity index (χ2n) is 6.90. The van der Waals surface area contributed by atoms with Crippen LogP contribution in [0.4, 0.5) is 8.78 Å². The van der Waals surface area contributed by atoms with Crippen LogP contribution in [0.15, 0.2) is 66.3 Å². The van der Waals surface area contributed by atoms with Crippen molar-refractivity contribution < 1.29 is 23.1 Å². The standard InChI is InChI=1S/C21H25F2NO3/c1-3-18(22)10-20(23)15(2)21-14-26-19(9-17(21)12-27-24-21)13-25-11-16-7-5-4-6-8-16/h3-8,10,17,19,24H,2,9,11-14H2,1H3/b18-3+,20-10+/t17-,19+,21+/m0/s1. The summed E-state index contributed by atoms with van der Waals surface area (Å²) in [5, 5.41) is 0. The summed E-state index contributed by atoms with van der Waals surface area (Å²) in [5.74, 6) is -1.39. The van der Waals surface area contributed by atoms with Crippen LogP contribution in [-0.4, -0.2) is 31.5 Å². The number of allylic oxidation sites excluding steroid dienone is 3. The number of hydrogen-bond donors (Lipinski definition) is 1. The lowest BCUT2D eigenvalue weighted by Gasteiger charge is -2.41. The van der Waals surface area contributed by atoms with Crippen molar-refractivity contribution in [2.24, 2.45) is 5.92 Å². The van der Waals surface area contributed by atoms with Crippen LogP contribution in [-0.2, 0) is 20.9 Å². The Morgan fingerprint density at radius 2 is 2.15 bits per heavy atom. The third-order valence-electron chi connectivity index (χ3n) is 5.11. The molecule has 3 rings (SSSR count). The summed E-state index contributed by atoms with van der Waals surface area (Å²) < 4.78 is 39.5. The molecule has 2 saturated heterocycles. The SMILES string of the molecule is C=C(/C(F)=C\C(F)=C/C)[C@]12CO[C@@H](COCc3ccccc3)C[C@H]1CON2. The van der Waals surface area contributed by atoms with E-state index in [1.807, 2.05) is 30.3 Å². The van der Waals surface area contributed by atoms with Gasteiger partial charge >= 0.3 is 0 Å². The van der Waals surface area contributed by atoms with E-state index in [1.54, 1.807) is 0 Å². The summed E-state index contributed by atoms with van der Waals surface area (Å²) in [6.07, 6.45) is 2.56. The number of halogens is 2. The summed E-state index contributed by atoms with van der Waals surface area (Å²) in [7, 11) is 0. The smallest absolute Gasteiger partial charge is 0.130 e. The summed E-state index contributed by atoms with van der Waals surface area (Å²) in [6.45, 7) is 6.90. The van der Waals surface area contributed by atoms with Gasteiger partial charge in [0.15, 0.2) is 0 Å². The zero-order valence-electron chi connectivity index (χ0n) is 15.4. The number of fused-ring (bicyclic) bond motifs is 1. The van der Waals surface area contributed by atoms with Gasteiger partial charge in [0.1, 0.15) is 11.7 Å². The summed E-state index contributed by atoms with van der Waals surface area (Å²) in [4.78, 5) is 5.39. The van der Waals surface area contributed by atoms with Crippen LogP contribution in [0.25, 0.3) is 0 Å². The fourth-order valence-electron chi connectivity index (χ4n) is 3.45. The molecule has 0 radical (unpaired) electrons. The number of ether oxygens (including phenoxy) is 2. The second-order valence-corrected chi connectivity index (χ2v) is 6.90. The lowest BCUT2D eigenvalue weighted by molar-refractivity contribution is -0.0865. The van der Waals surface area contributed by atoms with Gasteiger partial charge in [-0.1, -0.05) is 43.0 Å². The highest BCUT2D eigenvalue weighted by Crippen LogP contribution is 2.41. The summed E-state index contributed by atoms with van der Waals surface area (Å²) in [5.41, 5.74) is 3.22. The maximum Gasteiger partial charge on any atom is 0.130 e. The molecular weight excluding hydrogens is 352 g/mol. The number of hydrogen-bond acceptors (Lipinski definition) is 4. The van der Waals surface area contributed by atoms with E-state index < -0.39 is 17.2 Å². The van der Waals surface area contributed by atoms with E-state index in [9.17, 15) is 8.78 Å². The average Bonchev–Trinajstić information content (AvgIpc) is 3.12. The molecule has 2 aliphatic heterocycles. The minimum Gasteiger partial charge on any atom is -0.374 e. The number of benzene rings is 1. The van der Waals surface area contributed by atoms with Gasteiger partial charge in [-0.2, -0.15) is 5.48 Å². The first kappa shape index (κ1) is 19.9. The fraction of sp³-hybridized carbons (Fsp3) is 0.429. The van der Waals surface area contributed by atoms with Crippen molar-refractivity contribution in [3.63, 3.8) is 0 Å². The molecule has 2 fully saturated rings. The molecule has 0 aromatic heterocycles. The Labute approximate surface area is 158 Å². The van der Waals surface area contributed by atoms with Crippen LogP contribution in [0.3, 0.4) is 0 Å². The molecule has 0 spiro atoms. The van der Waals surface area contributed by atoms with Crippen molar-refractivity contribution in [3.05, 3.63) is 71.9 Å². The van der Waals surface area contributed by atoms with Gasteiger partial charge in [0.2, 0.25) is 0 Å². The van der Waals surface area contributed by atoms with Gasteiger partial charge in [-0.3, -0.25) is 0 Å². The highest BCUT2D eigenvalue weighted by atomic mass is 19.1. The first-order valence-electron chi connectivity index (χ1n) is 9.06. The maximum atomic E-state index is 14.4. The first-order chi connectivity index (χ1) is 13.0. The monoisotopic (exact) mass is 377 g/mol. The van der Waals surface area contributed by atoms with Crippen molar-refractivity contribution in [2.45, 2.75) is 31.6 Å². The van der Waals surface area contributed by atoms with Crippen LogP contribution >= 0.6 is 0 Å². The Morgan fingerprint density at radius 1 is 1.37 bits per heavy atom. The van der Waals surface area contributed by atoms with E-state index in [1.165, 1.54) is 13.0 Å². The zero-order valence-corrected chi connectivity index (χ0v) is 15.4. The molecule has 6 heteroatoms. The van der Waals surface area contributed by atoms with E-state index in [0.717, 1.165) is 11.6 Å². The molecule has 2 heterocycles. The topological polar surface area (TPSA) is 39.7 Å². The van der Waals surface area contributed by atoms with Gasteiger partial charge in [-0.15, -0.1) is 0 Å². The van der Waals surface area contributed by atoms with Crippen molar-refractivity contribution in [2.75, 3.05) is 19.8 Å². The Bertz CT molecular complexity index is 719. The minimum atomic E-state index is -0.884. The van der Waals surface area contributed by atoms with Crippen LogP contribution in [0, 0.1) is 5.92 Å². The largest absolute Gasteiger partial charge is 0.374 e. The molecule has 3 atom stereocenters. The predicted molar refractivity (Wildman–Crippen MR) is 99.0 cm³/mol. The molecule has 1 aromatic carbocycles. The predicted octanol–water partition coefficient (Wildman–Crippen LogP) is 4.16. The average molecular weight is 377 g/mol. The molecule has 146 valence electrons. The molecule has 2 aliphatic rings. The highest BCUT2D eigenvalue weighted by Gasteiger charge is 2.51. The lowest BCUT2D eigenvalue weighted by Crippen LogP contribution is -2.55. The zero-order chi connectivity index (χ0) is 19.3. The van der Waals surface area contributed by atoms with E-state index in [-0.39, 0.29) is 24.2 Å². The van der Waals surface area contributed by atoms with Gasteiger partial charge in [-0.05, 0) is 18.9 Å². The summed E-state index contributed by atoms with van der Waals surface area (Å²) >= 11 is 0. The van der Waals surface area contributed by atoms with E-state index in [0.29, 0.717) is 26.2 Å². The third-order valence-corrected chi connectivity index (χ3v) is 5.11. The van der Waals surface area contributed by atoms with Crippen LogP contribution in [0.2, 0.25) is 0 Å². The van der Waals surface area contributed by atoms with E-state index in [2.05, 4.69) is 12.1 Å². The Hall–Kier alpha value is -1.86.